The zero-order valence-electron chi connectivity index (χ0n) is 21.7. The molecule has 3 rings (SSSR count). The molecule has 4 nitrogen and oxygen atoms in total. The van der Waals surface area contributed by atoms with Gasteiger partial charge in [-0.25, -0.2) is 19.6 Å². The van der Waals surface area contributed by atoms with E-state index in [1.165, 1.54) is 0 Å². The summed E-state index contributed by atoms with van der Waals surface area (Å²) in [6.07, 6.45) is 0. The molecule has 0 radical (unpaired) electrons. The highest BCUT2D eigenvalue weighted by Crippen LogP contribution is 2.35. The zero-order chi connectivity index (χ0) is 25.0. The molecule has 0 aliphatic carbocycles. The maximum atomic E-state index is 5.95. The summed E-state index contributed by atoms with van der Waals surface area (Å²) >= 11 is 0. The smallest absolute Gasteiger partial charge is 0.123 e. The van der Waals surface area contributed by atoms with Crippen molar-refractivity contribution in [3.63, 3.8) is 0 Å². The summed E-state index contributed by atoms with van der Waals surface area (Å²) in [5.74, 6) is 0. The Hall–Kier alpha value is -2.50. The minimum atomic E-state index is -0.638. The molecule has 0 amide bonds. The van der Waals surface area contributed by atoms with Gasteiger partial charge in [-0.05, 0) is 77.6 Å². The summed E-state index contributed by atoms with van der Waals surface area (Å²) in [6, 6.07) is 28.3. The van der Waals surface area contributed by atoms with Crippen LogP contribution in [-0.2, 0) is 42.0 Å². The van der Waals surface area contributed by atoms with Crippen molar-refractivity contribution in [2.45, 2.75) is 77.8 Å². The summed E-state index contributed by atoms with van der Waals surface area (Å²) in [6.45, 7) is 16.0. The fourth-order valence-corrected chi connectivity index (χ4v) is 3.56. The summed E-state index contributed by atoms with van der Waals surface area (Å²) in [5, 5.41) is 0. The van der Waals surface area contributed by atoms with Gasteiger partial charge in [-0.2, -0.15) is 0 Å². The van der Waals surface area contributed by atoms with Gasteiger partial charge in [0.15, 0.2) is 0 Å². The topological polar surface area (TPSA) is 36.9 Å². The molecule has 0 fully saturated rings. The maximum absolute atomic E-state index is 5.95. The number of hydrogen-bond donors (Lipinski definition) is 0. The van der Waals surface area contributed by atoms with Gasteiger partial charge in [0.2, 0.25) is 0 Å². The van der Waals surface area contributed by atoms with Gasteiger partial charge < -0.3 is 0 Å². The molecule has 182 valence electrons. The van der Waals surface area contributed by atoms with Crippen molar-refractivity contribution >= 4 is 0 Å². The van der Waals surface area contributed by atoms with Crippen LogP contribution in [0.4, 0.5) is 0 Å². The Balaban J connectivity index is 1.65. The van der Waals surface area contributed by atoms with E-state index in [-0.39, 0.29) is 0 Å². The Morgan fingerprint density at radius 3 is 0.765 bits per heavy atom. The minimum Gasteiger partial charge on any atom is -0.225 e. The molecule has 0 aromatic heterocycles. The van der Waals surface area contributed by atoms with E-state index in [0.29, 0.717) is 0 Å². The van der Waals surface area contributed by atoms with Crippen molar-refractivity contribution in [3.8, 4) is 0 Å². The molecule has 0 aliphatic heterocycles. The third-order valence-corrected chi connectivity index (χ3v) is 6.13. The normalized spacial score (nSPS) is 13.2. The van der Waals surface area contributed by atoms with E-state index >= 15 is 0 Å². The quantitative estimate of drug-likeness (QED) is 0.226. The largest absolute Gasteiger partial charge is 0.225 e. The lowest BCUT2D eigenvalue weighted by atomic mass is 9.92. The van der Waals surface area contributed by atoms with Crippen LogP contribution in [0.5, 0.6) is 0 Å². The standard InChI is InChI=1S/C30H38O4/c1-27(2,23-15-11-9-12-16-23)31-33-29(5,6)25-19-21-26(22-20-25)30(7,8)34-32-28(3,4)24-17-13-10-14-18-24/h9-22H,1-8H3. The van der Waals surface area contributed by atoms with Crippen molar-refractivity contribution in [1.82, 2.24) is 0 Å². The third kappa shape index (κ3) is 6.34. The molecule has 3 aromatic rings. The summed E-state index contributed by atoms with van der Waals surface area (Å²) in [4.78, 5) is 23.7. The van der Waals surface area contributed by atoms with Crippen LogP contribution in [0.2, 0.25) is 0 Å². The summed E-state index contributed by atoms with van der Waals surface area (Å²) in [5.41, 5.74) is 1.69. The summed E-state index contributed by atoms with van der Waals surface area (Å²) < 4.78 is 0. The van der Waals surface area contributed by atoms with E-state index in [2.05, 4.69) is 0 Å². The van der Waals surface area contributed by atoms with E-state index in [1.807, 2.05) is 140 Å². The van der Waals surface area contributed by atoms with E-state index in [4.69, 9.17) is 19.6 Å². The molecule has 0 heterocycles. The van der Waals surface area contributed by atoms with Crippen LogP contribution in [-0.4, -0.2) is 0 Å². The van der Waals surface area contributed by atoms with Crippen LogP contribution >= 0.6 is 0 Å². The molecule has 0 atom stereocenters. The molecule has 0 unspecified atom stereocenters. The highest BCUT2D eigenvalue weighted by Gasteiger charge is 2.32. The fraction of sp³-hybridized carbons (Fsp3) is 0.400. The van der Waals surface area contributed by atoms with Gasteiger partial charge >= 0.3 is 0 Å². The Morgan fingerprint density at radius 1 is 0.324 bits per heavy atom. The van der Waals surface area contributed by atoms with Gasteiger partial charge in [0, 0.05) is 0 Å². The molecule has 0 aliphatic rings. The molecule has 0 saturated heterocycles. The molecule has 0 bridgehead atoms. The number of hydrogen-bond acceptors (Lipinski definition) is 4. The molecule has 0 saturated carbocycles. The fourth-order valence-electron chi connectivity index (χ4n) is 3.56. The Labute approximate surface area is 204 Å². The maximum Gasteiger partial charge on any atom is 0.123 e. The van der Waals surface area contributed by atoms with E-state index in [0.717, 1.165) is 22.3 Å². The first kappa shape index (κ1) is 26.1. The van der Waals surface area contributed by atoms with E-state index in [9.17, 15) is 0 Å². The second-order valence-corrected chi connectivity index (χ2v) is 10.7. The first-order valence-electron chi connectivity index (χ1n) is 11.8. The molecular weight excluding hydrogens is 424 g/mol. The van der Waals surface area contributed by atoms with Crippen LogP contribution in [0, 0.1) is 0 Å². The van der Waals surface area contributed by atoms with Crippen LogP contribution in [0.3, 0.4) is 0 Å². The first-order chi connectivity index (χ1) is 15.8. The molecule has 4 heteroatoms. The lowest BCUT2D eigenvalue weighted by Crippen LogP contribution is -2.30. The second-order valence-electron chi connectivity index (χ2n) is 10.7. The zero-order valence-corrected chi connectivity index (χ0v) is 21.7. The minimum absolute atomic E-state index is 0.572. The van der Waals surface area contributed by atoms with Crippen LogP contribution in [0.1, 0.15) is 77.6 Å². The highest BCUT2D eigenvalue weighted by atomic mass is 17.2. The SMILES string of the molecule is CC(C)(OOC(C)(C)c1ccc(C(C)(C)OOC(C)(C)c2ccccc2)cc1)c1ccccc1. The molecule has 0 spiro atoms. The van der Waals surface area contributed by atoms with Gasteiger partial charge in [0.1, 0.15) is 22.4 Å². The number of rotatable bonds is 10. The van der Waals surface area contributed by atoms with Crippen LogP contribution in [0.15, 0.2) is 84.9 Å². The second kappa shape index (κ2) is 10.0. The van der Waals surface area contributed by atoms with Crippen LogP contribution in [0.25, 0.3) is 0 Å². The van der Waals surface area contributed by atoms with E-state index in [1.54, 1.807) is 0 Å². The molecule has 34 heavy (non-hydrogen) atoms. The average molecular weight is 463 g/mol. The highest BCUT2D eigenvalue weighted by molar-refractivity contribution is 5.29. The average Bonchev–Trinajstić information content (AvgIpc) is 2.83. The first-order valence-corrected chi connectivity index (χ1v) is 11.8. The monoisotopic (exact) mass is 462 g/mol. The predicted molar refractivity (Wildman–Crippen MR) is 136 cm³/mol. The number of benzene rings is 3. The van der Waals surface area contributed by atoms with E-state index < -0.39 is 22.4 Å². The van der Waals surface area contributed by atoms with Crippen molar-refractivity contribution < 1.29 is 19.6 Å². The lowest BCUT2D eigenvalue weighted by Gasteiger charge is -2.33. The van der Waals surface area contributed by atoms with Gasteiger partial charge in [-0.3, -0.25) is 0 Å². The van der Waals surface area contributed by atoms with Crippen molar-refractivity contribution in [2.75, 3.05) is 0 Å². The van der Waals surface area contributed by atoms with Crippen LogP contribution < -0.4 is 0 Å². The van der Waals surface area contributed by atoms with Crippen molar-refractivity contribution in [3.05, 3.63) is 107 Å². The van der Waals surface area contributed by atoms with Gasteiger partial charge in [-0.1, -0.05) is 84.9 Å². The predicted octanol–water partition coefficient (Wildman–Crippen LogP) is 7.92. The molecular formula is C30H38O4. The molecule has 0 N–H and O–H groups in total. The Kier molecular flexibility index (Phi) is 7.69. The van der Waals surface area contributed by atoms with Gasteiger partial charge in [0.05, 0.1) is 0 Å². The summed E-state index contributed by atoms with van der Waals surface area (Å²) in [7, 11) is 0. The van der Waals surface area contributed by atoms with Gasteiger partial charge in [0.25, 0.3) is 0 Å². The lowest BCUT2D eigenvalue weighted by molar-refractivity contribution is -0.410. The molecule has 3 aromatic carbocycles. The Morgan fingerprint density at radius 2 is 0.529 bits per heavy atom. The Bertz CT molecular complexity index is 950. The third-order valence-electron chi connectivity index (χ3n) is 6.13. The van der Waals surface area contributed by atoms with Crippen molar-refractivity contribution in [2.24, 2.45) is 0 Å². The van der Waals surface area contributed by atoms with Crippen molar-refractivity contribution in [1.29, 1.82) is 0 Å². The van der Waals surface area contributed by atoms with Gasteiger partial charge in [-0.15, -0.1) is 0 Å².